The molecule has 0 aromatic heterocycles. The Morgan fingerprint density at radius 2 is 1.67 bits per heavy atom. The minimum atomic E-state index is -1.10. The third kappa shape index (κ3) is 6.26. The van der Waals surface area contributed by atoms with Gasteiger partial charge in [-0.25, -0.2) is 9.18 Å². The number of carboxylic acid groups (broad SMARTS) is 1. The molecule has 88 valence electrons. The van der Waals surface area contributed by atoms with Gasteiger partial charge in [-0.05, 0) is 25.7 Å². The lowest BCUT2D eigenvalue weighted by Gasteiger charge is -2.04. The lowest BCUT2D eigenvalue weighted by atomic mass is 10.0. The monoisotopic (exact) mass is 216 g/mol. The van der Waals surface area contributed by atoms with Gasteiger partial charge in [0.15, 0.2) is 0 Å². The zero-order valence-corrected chi connectivity index (χ0v) is 9.68. The highest BCUT2D eigenvalue weighted by molar-refractivity contribution is 5.87. The number of hydrogen-bond acceptors (Lipinski definition) is 1. The van der Waals surface area contributed by atoms with Crippen LogP contribution < -0.4 is 0 Å². The molecule has 0 aliphatic heterocycles. The molecule has 0 aromatic rings. The number of carboxylic acids is 1. The van der Waals surface area contributed by atoms with E-state index in [1.54, 1.807) is 0 Å². The molecular weight excluding hydrogens is 195 g/mol. The molecule has 0 radical (unpaired) electrons. The Morgan fingerprint density at radius 1 is 1.07 bits per heavy atom. The fourth-order valence-corrected chi connectivity index (χ4v) is 1.39. The van der Waals surface area contributed by atoms with Gasteiger partial charge in [-0.3, -0.25) is 0 Å². The summed E-state index contributed by atoms with van der Waals surface area (Å²) in [6.45, 7) is 4.00. The molecule has 0 rings (SSSR count). The summed E-state index contributed by atoms with van der Waals surface area (Å²) >= 11 is 0. The number of halogens is 1. The zero-order chi connectivity index (χ0) is 11.7. The molecule has 0 saturated heterocycles. The van der Waals surface area contributed by atoms with Gasteiger partial charge >= 0.3 is 5.97 Å². The van der Waals surface area contributed by atoms with E-state index in [0.717, 1.165) is 32.1 Å². The Labute approximate surface area is 91.2 Å². The largest absolute Gasteiger partial charge is 0.478 e. The number of hydrogen-bond donors (Lipinski definition) is 1. The third-order valence-corrected chi connectivity index (χ3v) is 2.37. The molecule has 0 spiro atoms. The normalized spacial score (nSPS) is 12.5. The smallest absolute Gasteiger partial charge is 0.334 e. The molecule has 0 atom stereocenters. The van der Waals surface area contributed by atoms with Gasteiger partial charge in [-0.15, -0.1) is 0 Å². The van der Waals surface area contributed by atoms with Gasteiger partial charge in [0, 0.05) is 0 Å². The van der Waals surface area contributed by atoms with Gasteiger partial charge in [0.1, 0.15) is 5.83 Å². The second kappa shape index (κ2) is 8.45. The van der Waals surface area contributed by atoms with Crippen LogP contribution in [0.4, 0.5) is 4.39 Å². The van der Waals surface area contributed by atoms with Crippen LogP contribution in [0.15, 0.2) is 11.4 Å². The van der Waals surface area contributed by atoms with Crippen LogP contribution >= 0.6 is 0 Å². The van der Waals surface area contributed by atoms with Crippen LogP contribution in [-0.4, -0.2) is 11.1 Å². The van der Waals surface area contributed by atoms with Crippen LogP contribution in [0.3, 0.4) is 0 Å². The SMILES string of the molecule is CCCCCC(C(=O)O)=C(F)CCCC. The molecule has 0 aliphatic carbocycles. The maximum absolute atomic E-state index is 13.4. The van der Waals surface area contributed by atoms with E-state index in [4.69, 9.17) is 5.11 Å². The molecular formula is C12H21FO2. The average Bonchev–Trinajstić information content (AvgIpc) is 2.20. The van der Waals surface area contributed by atoms with Crippen molar-refractivity contribution in [3.8, 4) is 0 Å². The number of unbranched alkanes of at least 4 members (excludes halogenated alkanes) is 3. The lowest BCUT2D eigenvalue weighted by molar-refractivity contribution is -0.133. The second-order valence-electron chi connectivity index (χ2n) is 3.75. The van der Waals surface area contributed by atoms with Crippen LogP contribution in [0.2, 0.25) is 0 Å². The molecule has 0 bridgehead atoms. The van der Waals surface area contributed by atoms with E-state index in [-0.39, 0.29) is 12.0 Å². The predicted octanol–water partition coefficient (Wildman–Crippen LogP) is 4.07. The molecule has 0 aromatic carbocycles. The first-order chi connectivity index (χ1) is 7.13. The number of allylic oxidation sites excluding steroid dienone is 1. The van der Waals surface area contributed by atoms with Crippen LogP contribution in [0.25, 0.3) is 0 Å². The molecule has 0 saturated carbocycles. The maximum atomic E-state index is 13.4. The first-order valence-corrected chi connectivity index (χ1v) is 5.74. The Kier molecular flexibility index (Phi) is 7.96. The van der Waals surface area contributed by atoms with Gasteiger partial charge < -0.3 is 5.11 Å². The molecule has 0 amide bonds. The first kappa shape index (κ1) is 14.1. The maximum Gasteiger partial charge on any atom is 0.334 e. The van der Waals surface area contributed by atoms with Crippen LogP contribution in [0, 0.1) is 0 Å². The summed E-state index contributed by atoms with van der Waals surface area (Å²) in [6, 6.07) is 0. The van der Waals surface area contributed by atoms with Crippen molar-refractivity contribution in [3.63, 3.8) is 0 Å². The molecule has 0 heterocycles. The van der Waals surface area contributed by atoms with Crippen molar-refractivity contribution in [2.75, 3.05) is 0 Å². The third-order valence-electron chi connectivity index (χ3n) is 2.37. The Balaban J connectivity index is 4.27. The van der Waals surface area contributed by atoms with E-state index in [1.165, 1.54) is 0 Å². The summed E-state index contributed by atoms with van der Waals surface area (Å²) in [4.78, 5) is 10.8. The molecule has 15 heavy (non-hydrogen) atoms. The lowest BCUT2D eigenvalue weighted by Crippen LogP contribution is -2.03. The van der Waals surface area contributed by atoms with E-state index >= 15 is 0 Å². The highest BCUT2D eigenvalue weighted by Gasteiger charge is 2.13. The Bertz CT molecular complexity index is 222. The highest BCUT2D eigenvalue weighted by Crippen LogP contribution is 2.19. The summed E-state index contributed by atoms with van der Waals surface area (Å²) in [5.74, 6) is -1.53. The second-order valence-corrected chi connectivity index (χ2v) is 3.75. The van der Waals surface area contributed by atoms with Crippen LogP contribution in [-0.2, 0) is 4.79 Å². The highest BCUT2D eigenvalue weighted by atomic mass is 19.1. The van der Waals surface area contributed by atoms with Gasteiger partial charge in [0.2, 0.25) is 0 Å². The fraction of sp³-hybridized carbons (Fsp3) is 0.750. The molecule has 0 aliphatic rings. The van der Waals surface area contributed by atoms with Gasteiger partial charge in [-0.1, -0.05) is 33.1 Å². The summed E-state index contributed by atoms with van der Waals surface area (Å²) < 4.78 is 13.4. The van der Waals surface area contributed by atoms with Crippen molar-refractivity contribution < 1.29 is 14.3 Å². The first-order valence-electron chi connectivity index (χ1n) is 5.74. The van der Waals surface area contributed by atoms with E-state index in [2.05, 4.69) is 0 Å². The number of rotatable bonds is 8. The zero-order valence-electron chi connectivity index (χ0n) is 9.68. The van der Waals surface area contributed by atoms with Crippen molar-refractivity contribution in [1.29, 1.82) is 0 Å². The Morgan fingerprint density at radius 3 is 2.13 bits per heavy atom. The van der Waals surface area contributed by atoms with E-state index < -0.39 is 11.8 Å². The minimum absolute atomic E-state index is 0.0168. The fourth-order valence-electron chi connectivity index (χ4n) is 1.39. The minimum Gasteiger partial charge on any atom is -0.478 e. The summed E-state index contributed by atoms with van der Waals surface area (Å²) in [6.07, 6.45) is 4.97. The van der Waals surface area contributed by atoms with E-state index in [1.807, 2.05) is 13.8 Å². The van der Waals surface area contributed by atoms with Crippen molar-refractivity contribution in [2.45, 2.75) is 58.8 Å². The number of aliphatic carboxylic acids is 1. The summed E-state index contributed by atoms with van der Waals surface area (Å²) in [5.41, 5.74) is -0.0168. The van der Waals surface area contributed by atoms with Crippen molar-refractivity contribution in [3.05, 3.63) is 11.4 Å². The topological polar surface area (TPSA) is 37.3 Å². The average molecular weight is 216 g/mol. The standard InChI is InChI=1S/C12H21FO2/c1-3-5-7-8-10(12(14)15)11(13)9-6-4-2/h3-9H2,1-2H3,(H,14,15). The van der Waals surface area contributed by atoms with Crippen molar-refractivity contribution in [1.82, 2.24) is 0 Å². The van der Waals surface area contributed by atoms with Crippen molar-refractivity contribution in [2.24, 2.45) is 0 Å². The summed E-state index contributed by atoms with van der Waals surface area (Å²) in [5, 5.41) is 8.84. The molecule has 2 nitrogen and oxygen atoms in total. The van der Waals surface area contributed by atoms with Gasteiger partial charge in [-0.2, -0.15) is 0 Å². The van der Waals surface area contributed by atoms with Crippen molar-refractivity contribution >= 4 is 5.97 Å². The number of carbonyl (C=O) groups is 1. The molecule has 0 fully saturated rings. The summed E-state index contributed by atoms with van der Waals surface area (Å²) in [7, 11) is 0. The molecule has 0 unspecified atom stereocenters. The van der Waals surface area contributed by atoms with Gasteiger partial charge in [0.25, 0.3) is 0 Å². The predicted molar refractivity (Wildman–Crippen MR) is 59.4 cm³/mol. The molecule has 3 heteroatoms. The van der Waals surface area contributed by atoms with E-state index in [0.29, 0.717) is 6.42 Å². The quantitative estimate of drug-likeness (QED) is 0.490. The van der Waals surface area contributed by atoms with Crippen LogP contribution in [0.5, 0.6) is 0 Å². The van der Waals surface area contributed by atoms with E-state index in [9.17, 15) is 9.18 Å². The Hall–Kier alpha value is -0.860. The van der Waals surface area contributed by atoms with Gasteiger partial charge in [0.05, 0.1) is 5.57 Å². The molecule has 1 N–H and O–H groups in total. The van der Waals surface area contributed by atoms with Crippen LogP contribution in [0.1, 0.15) is 58.8 Å².